The number of hydrogen-bond acceptors (Lipinski definition) is 5. The van der Waals surface area contributed by atoms with Crippen molar-refractivity contribution in [1.29, 1.82) is 0 Å². The van der Waals surface area contributed by atoms with Gasteiger partial charge in [-0.05, 0) is 111 Å². The number of amides is 1. The van der Waals surface area contributed by atoms with E-state index < -0.39 is 0 Å². The third-order valence-electron chi connectivity index (χ3n) is 8.79. The molecule has 3 aromatic rings. The molecule has 4 aliphatic rings. The maximum Gasteiger partial charge on any atom is 0.224 e. The fourth-order valence-electron chi connectivity index (χ4n) is 7.65. The summed E-state index contributed by atoms with van der Waals surface area (Å²) in [5, 5.41) is 11.0. The number of hydrogen-bond donors (Lipinski definition) is 3. The number of carbonyl (C=O) groups is 1. The molecule has 4 aliphatic carbocycles. The van der Waals surface area contributed by atoms with E-state index in [-0.39, 0.29) is 11.3 Å². The molecule has 4 bridgehead atoms. The number of anilines is 2. The van der Waals surface area contributed by atoms with Crippen LogP contribution in [0.1, 0.15) is 69.8 Å². The van der Waals surface area contributed by atoms with E-state index in [0.717, 1.165) is 77.6 Å². The van der Waals surface area contributed by atoms with Crippen molar-refractivity contribution >= 4 is 28.3 Å². The summed E-state index contributed by atoms with van der Waals surface area (Å²) in [4.78, 5) is 18.0. The van der Waals surface area contributed by atoms with E-state index in [1.165, 1.54) is 38.5 Å². The van der Waals surface area contributed by atoms with Gasteiger partial charge in [-0.2, -0.15) is 0 Å². The van der Waals surface area contributed by atoms with Crippen LogP contribution in [0.25, 0.3) is 10.9 Å². The Morgan fingerprint density at radius 2 is 1.81 bits per heavy atom. The molecule has 4 saturated carbocycles. The predicted octanol–water partition coefficient (Wildman–Crippen LogP) is 6.54. The molecule has 1 aromatic carbocycles. The number of aryl methyl sites for hydroxylation is 1. The third-order valence-corrected chi connectivity index (χ3v) is 8.79. The molecule has 0 atom stereocenters. The second-order valence-electron chi connectivity index (χ2n) is 11.7. The van der Waals surface area contributed by atoms with Gasteiger partial charge < -0.3 is 20.4 Å². The second kappa shape index (κ2) is 10.5. The molecule has 37 heavy (non-hydrogen) atoms. The van der Waals surface area contributed by atoms with Gasteiger partial charge in [0.1, 0.15) is 17.3 Å². The monoisotopic (exact) mass is 499 g/mol. The van der Waals surface area contributed by atoms with Gasteiger partial charge in [0.15, 0.2) is 0 Å². The highest BCUT2D eigenvalue weighted by Gasteiger charge is 2.51. The van der Waals surface area contributed by atoms with Gasteiger partial charge in [-0.25, -0.2) is 4.98 Å². The fourth-order valence-corrected chi connectivity index (χ4v) is 7.65. The maximum atomic E-state index is 13.2. The zero-order chi connectivity index (χ0) is 25.2. The van der Waals surface area contributed by atoms with Crippen LogP contribution in [0.15, 0.2) is 46.9 Å². The minimum absolute atomic E-state index is 0.168. The molecule has 6 heteroatoms. The molecule has 1 radical (unpaired) electrons. The SMILES string of the molecule is CCc1ccc([CH]NCCCNc2ccc3c(NC(=O)CC45CC6CC(CC(C6)C4)C5)cccc3n2)o1. The van der Waals surface area contributed by atoms with E-state index in [4.69, 9.17) is 9.40 Å². The summed E-state index contributed by atoms with van der Waals surface area (Å²) in [5.74, 6) is 5.49. The Morgan fingerprint density at radius 1 is 1.03 bits per heavy atom. The number of furan rings is 1. The van der Waals surface area contributed by atoms with Gasteiger partial charge in [0.05, 0.1) is 17.7 Å². The molecule has 6 nitrogen and oxygen atoms in total. The van der Waals surface area contributed by atoms with Crippen molar-refractivity contribution < 1.29 is 9.21 Å². The summed E-state index contributed by atoms with van der Waals surface area (Å²) in [6.45, 7) is 5.68. The predicted molar refractivity (Wildman–Crippen MR) is 148 cm³/mol. The van der Waals surface area contributed by atoms with Crippen molar-refractivity contribution in [3.8, 4) is 0 Å². The smallest absolute Gasteiger partial charge is 0.224 e. The molecule has 4 fully saturated rings. The van der Waals surface area contributed by atoms with E-state index in [0.29, 0.717) is 6.42 Å². The first-order chi connectivity index (χ1) is 18.1. The Morgan fingerprint density at radius 3 is 2.54 bits per heavy atom. The van der Waals surface area contributed by atoms with Crippen molar-refractivity contribution in [3.05, 3.63) is 60.5 Å². The summed E-state index contributed by atoms with van der Waals surface area (Å²) in [6, 6.07) is 14.1. The van der Waals surface area contributed by atoms with E-state index in [1.54, 1.807) is 0 Å². The topological polar surface area (TPSA) is 79.2 Å². The van der Waals surface area contributed by atoms with Crippen molar-refractivity contribution in [3.63, 3.8) is 0 Å². The zero-order valence-corrected chi connectivity index (χ0v) is 21.9. The third kappa shape index (κ3) is 5.54. The van der Waals surface area contributed by atoms with Crippen molar-refractivity contribution in [2.75, 3.05) is 23.7 Å². The zero-order valence-electron chi connectivity index (χ0n) is 21.9. The molecule has 0 spiro atoms. The van der Waals surface area contributed by atoms with Crippen LogP contribution in [0.2, 0.25) is 0 Å². The minimum Gasteiger partial charge on any atom is -0.464 e. The minimum atomic E-state index is 0.168. The number of nitrogens with zero attached hydrogens (tertiary/aromatic N) is 1. The van der Waals surface area contributed by atoms with E-state index >= 15 is 0 Å². The molecule has 0 unspecified atom stereocenters. The van der Waals surface area contributed by atoms with Gasteiger partial charge in [0.25, 0.3) is 0 Å². The van der Waals surface area contributed by atoms with Gasteiger partial charge in [0.2, 0.25) is 5.91 Å². The van der Waals surface area contributed by atoms with Crippen LogP contribution in [0.5, 0.6) is 0 Å². The highest BCUT2D eigenvalue weighted by molar-refractivity contribution is 6.01. The lowest BCUT2D eigenvalue weighted by Crippen LogP contribution is -2.47. The summed E-state index contributed by atoms with van der Waals surface area (Å²) in [5.41, 5.74) is 2.02. The number of benzene rings is 1. The maximum absolute atomic E-state index is 13.2. The first kappa shape index (κ1) is 24.5. The van der Waals surface area contributed by atoms with Crippen LogP contribution >= 0.6 is 0 Å². The Hall–Kier alpha value is -2.86. The van der Waals surface area contributed by atoms with E-state index in [2.05, 4.69) is 28.9 Å². The molecule has 0 saturated heterocycles. The second-order valence-corrected chi connectivity index (χ2v) is 11.7. The van der Waals surface area contributed by atoms with Crippen LogP contribution in [0.4, 0.5) is 11.5 Å². The first-order valence-corrected chi connectivity index (χ1v) is 14.2. The average molecular weight is 500 g/mol. The lowest BCUT2D eigenvalue weighted by Gasteiger charge is -2.56. The lowest BCUT2D eigenvalue weighted by molar-refractivity contribution is -0.124. The molecule has 2 heterocycles. The quantitative estimate of drug-likeness (QED) is 0.261. The molecule has 195 valence electrons. The van der Waals surface area contributed by atoms with Gasteiger partial charge >= 0.3 is 0 Å². The largest absolute Gasteiger partial charge is 0.464 e. The van der Waals surface area contributed by atoms with Crippen LogP contribution in [-0.2, 0) is 11.2 Å². The lowest BCUT2D eigenvalue weighted by atomic mass is 9.49. The first-order valence-electron chi connectivity index (χ1n) is 14.2. The Balaban J connectivity index is 1.00. The van der Waals surface area contributed by atoms with Gasteiger partial charge in [-0.3, -0.25) is 4.79 Å². The number of rotatable bonds is 11. The van der Waals surface area contributed by atoms with Gasteiger partial charge in [0, 0.05) is 24.8 Å². The Kier molecular flexibility index (Phi) is 6.94. The van der Waals surface area contributed by atoms with Crippen molar-refractivity contribution in [2.45, 2.75) is 64.7 Å². The highest BCUT2D eigenvalue weighted by atomic mass is 16.3. The number of nitrogens with one attached hydrogen (secondary N) is 3. The van der Waals surface area contributed by atoms with Gasteiger partial charge in [-0.15, -0.1) is 0 Å². The summed E-state index contributed by atoms with van der Waals surface area (Å²) in [6.07, 6.45) is 10.5. The van der Waals surface area contributed by atoms with E-state index in [9.17, 15) is 4.79 Å². The van der Waals surface area contributed by atoms with Crippen molar-refractivity contribution in [1.82, 2.24) is 10.3 Å². The average Bonchev–Trinajstić information content (AvgIpc) is 3.33. The van der Waals surface area contributed by atoms with Crippen LogP contribution in [0, 0.1) is 29.7 Å². The number of fused-ring (bicyclic) bond motifs is 1. The van der Waals surface area contributed by atoms with Gasteiger partial charge in [-0.1, -0.05) is 13.0 Å². The van der Waals surface area contributed by atoms with Crippen LogP contribution < -0.4 is 16.0 Å². The van der Waals surface area contributed by atoms with Crippen LogP contribution in [-0.4, -0.2) is 24.0 Å². The number of carbonyl (C=O) groups excluding carboxylic acids is 1. The summed E-state index contributed by atoms with van der Waals surface area (Å²) < 4.78 is 5.67. The number of aromatic nitrogens is 1. The molecule has 3 N–H and O–H groups in total. The Bertz CT molecular complexity index is 1210. The molecular weight excluding hydrogens is 460 g/mol. The van der Waals surface area contributed by atoms with E-state index in [1.807, 2.05) is 42.9 Å². The molecule has 2 aromatic heterocycles. The summed E-state index contributed by atoms with van der Waals surface area (Å²) in [7, 11) is 0. The molecule has 7 rings (SSSR count). The normalized spacial score (nSPS) is 26.0. The standard InChI is InChI=1S/C31H39N4O2/c1-2-24-7-8-25(37-24)20-32-11-4-12-33-29-10-9-26-27(34-29)5-3-6-28(26)35-30(36)19-31-16-21-13-22(17-31)15-23(14-21)18-31/h3,5-10,20-23,32H,2,4,11-19H2,1H3,(H,33,34)(H,35,36). The molecule has 1 amide bonds. The Labute approximate surface area is 220 Å². The highest BCUT2D eigenvalue weighted by Crippen LogP contribution is 2.61. The number of pyridine rings is 1. The summed E-state index contributed by atoms with van der Waals surface area (Å²) >= 11 is 0. The van der Waals surface area contributed by atoms with Crippen LogP contribution in [0.3, 0.4) is 0 Å². The molecule has 0 aliphatic heterocycles. The van der Waals surface area contributed by atoms with Crippen molar-refractivity contribution in [2.24, 2.45) is 23.2 Å². The fraction of sp³-hybridized carbons (Fsp3) is 0.516. The molecular formula is C31H39N4O2.